The van der Waals surface area contributed by atoms with Gasteiger partial charge in [-0.2, -0.15) is 0 Å². The topological polar surface area (TPSA) is 55.6 Å². The van der Waals surface area contributed by atoms with Gasteiger partial charge in [0.25, 0.3) is 5.91 Å². The highest BCUT2D eigenvalue weighted by Crippen LogP contribution is 2.10. The van der Waals surface area contributed by atoms with Crippen molar-refractivity contribution >= 4 is 11.6 Å². The van der Waals surface area contributed by atoms with Crippen molar-refractivity contribution in [1.29, 1.82) is 0 Å². The number of ether oxygens (including phenoxy) is 1. The lowest BCUT2D eigenvalue weighted by atomic mass is 10.1. The normalized spacial score (nSPS) is 19.5. The van der Waals surface area contributed by atoms with Crippen LogP contribution in [-0.2, 0) is 4.74 Å². The summed E-state index contributed by atoms with van der Waals surface area (Å²) in [5.41, 5.74) is 2.45. The number of amides is 1. The first-order valence-corrected chi connectivity index (χ1v) is 6.56. The summed E-state index contributed by atoms with van der Waals surface area (Å²) in [5, 5.41) is 3.01. The first-order chi connectivity index (χ1) is 9.22. The van der Waals surface area contributed by atoms with E-state index in [0.717, 1.165) is 30.8 Å². The zero-order valence-electron chi connectivity index (χ0n) is 10.9. The number of aromatic nitrogens is 2. The van der Waals surface area contributed by atoms with Crippen LogP contribution < -0.4 is 5.32 Å². The lowest BCUT2D eigenvalue weighted by Crippen LogP contribution is -2.40. The van der Waals surface area contributed by atoms with E-state index in [2.05, 4.69) is 10.3 Å². The maximum atomic E-state index is 12.2. The Hall–Kier alpha value is -1.88. The highest BCUT2D eigenvalue weighted by atomic mass is 16.5. The molecule has 1 atom stereocenters. The Morgan fingerprint density at radius 1 is 1.47 bits per heavy atom. The molecule has 19 heavy (non-hydrogen) atoms. The Kier molecular flexibility index (Phi) is 3.21. The van der Waals surface area contributed by atoms with Gasteiger partial charge in [-0.1, -0.05) is 0 Å². The Balaban J connectivity index is 1.76. The maximum Gasteiger partial charge on any atom is 0.253 e. The molecule has 1 fully saturated rings. The molecule has 5 nitrogen and oxygen atoms in total. The quantitative estimate of drug-likeness (QED) is 0.890. The third-order valence-corrected chi connectivity index (χ3v) is 3.33. The van der Waals surface area contributed by atoms with Crippen molar-refractivity contribution in [3.8, 4) is 0 Å². The maximum absolute atomic E-state index is 12.2. The molecule has 2 aromatic heterocycles. The Labute approximate surface area is 111 Å². The molecule has 1 aliphatic rings. The Morgan fingerprint density at radius 3 is 3.16 bits per heavy atom. The summed E-state index contributed by atoms with van der Waals surface area (Å²) < 4.78 is 7.24. The molecule has 1 saturated heterocycles. The van der Waals surface area contributed by atoms with Crippen LogP contribution in [0.15, 0.2) is 24.5 Å². The van der Waals surface area contributed by atoms with Crippen molar-refractivity contribution in [2.24, 2.45) is 0 Å². The molecule has 0 spiro atoms. The van der Waals surface area contributed by atoms with Gasteiger partial charge in [0.2, 0.25) is 0 Å². The minimum absolute atomic E-state index is 0.0521. The lowest BCUT2D eigenvalue weighted by molar-refractivity contribution is 0.0624. The molecule has 0 bridgehead atoms. The average molecular weight is 259 g/mol. The van der Waals surface area contributed by atoms with Crippen LogP contribution in [0.1, 0.15) is 28.9 Å². The van der Waals surface area contributed by atoms with Gasteiger partial charge in [-0.3, -0.25) is 4.79 Å². The van der Waals surface area contributed by atoms with Crippen molar-refractivity contribution in [2.75, 3.05) is 13.2 Å². The highest BCUT2D eigenvalue weighted by molar-refractivity contribution is 5.94. The number of fused-ring (bicyclic) bond motifs is 1. The molecule has 100 valence electrons. The molecular formula is C14H17N3O2. The summed E-state index contributed by atoms with van der Waals surface area (Å²) in [6, 6.07) is 3.79. The van der Waals surface area contributed by atoms with E-state index < -0.39 is 0 Å². The van der Waals surface area contributed by atoms with Gasteiger partial charge < -0.3 is 14.5 Å². The molecule has 5 heteroatoms. The third kappa shape index (κ3) is 2.61. The zero-order chi connectivity index (χ0) is 13.2. The summed E-state index contributed by atoms with van der Waals surface area (Å²) in [4.78, 5) is 16.5. The molecule has 1 N–H and O–H groups in total. The zero-order valence-corrected chi connectivity index (χ0v) is 10.9. The molecule has 0 radical (unpaired) electrons. The SMILES string of the molecule is Cc1cn2cc(C(=O)NC3CCCOC3)ccc2n1. The van der Waals surface area contributed by atoms with Gasteiger partial charge >= 0.3 is 0 Å². The number of hydrogen-bond acceptors (Lipinski definition) is 3. The molecule has 1 unspecified atom stereocenters. The van der Waals surface area contributed by atoms with E-state index in [-0.39, 0.29) is 11.9 Å². The van der Waals surface area contributed by atoms with Gasteiger partial charge in [0, 0.05) is 19.0 Å². The number of nitrogens with zero attached hydrogens (tertiary/aromatic N) is 2. The molecule has 2 aromatic rings. The van der Waals surface area contributed by atoms with E-state index in [4.69, 9.17) is 4.74 Å². The van der Waals surface area contributed by atoms with Gasteiger partial charge in [-0.05, 0) is 31.9 Å². The fraction of sp³-hybridized carbons (Fsp3) is 0.429. The number of carbonyl (C=O) groups is 1. The van der Waals surface area contributed by atoms with Crippen LogP contribution in [0.4, 0.5) is 0 Å². The molecule has 0 saturated carbocycles. The van der Waals surface area contributed by atoms with Gasteiger partial charge in [-0.15, -0.1) is 0 Å². The van der Waals surface area contributed by atoms with Gasteiger partial charge in [-0.25, -0.2) is 4.98 Å². The van der Waals surface area contributed by atoms with Crippen LogP contribution in [0, 0.1) is 6.92 Å². The molecule has 1 aliphatic heterocycles. The van der Waals surface area contributed by atoms with Crippen LogP contribution >= 0.6 is 0 Å². The van der Waals surface area contributed by atoms with E-state index in [1.54, 1.807) is 6.07 Å². The number of pyridine rings is 1. The predicted octanol–water partition coefficient (Wildman–Crippen LogP) is 1.55. The second-order valence-corrected chi connectivity index (χ2v) is 4.95. The summed E-state index contributed by atoms with van der Waals surface area (Å²) in [5.74, 6) is -0.0521. The molecule has 1 amide bonds. The van der Waals surface area contributed by atoms with Crippen molar-refractivity contribution in [2.45, 2.75) is 25.8 Å². The molecular weight excluding hydrogens is 242 g/mol. The summed E-state index contributed by atoms with van der Waals surface area (Å²) in [6.07, 6.45) is 5.72. The number of hydrogen-bond donors (Lipinski definition) is 1. The van der Waals surface area contributed by atoms with Crippen LogP contribution in [-0.4, -0.2) is 34.5 Å². The van der Waals surface area contributed by atoms with Crippen molar-refractivity contribution in [3.05, 3.63) is 35.8 Å². The minimum Gasteiger partial charge on any atom is -0.379 e. The third-order valence-electron chi connectivity index (χ3n) is 3.33. The van der Waals surface area contributed by atoms with E-state index in [0.29, 0.717) is 12.2 Å². The highest BCUT2D eigenvalue weighted by Gasteiger charge is 2.17. The van der Waals surface area contributed by atoms with E-state index >= 15 is 0 Å². The van der Waals surface area contributed by atoms with Crippen LogP contribution in [0.5, 0.6) is 0 Å². The second kappa shape index (κ2) is 5.01. The predicted molar refractivity (Wildman–Crippen MR) is 71.2 cm³/mol. The number of imidazole rings is 1. The second-order valence-electron chi connectivity index (χ2n) is 4.95. The largest absolute Gasteiger partial charge is 0.379 e. The lowest BCUT2D eigenvalue weighted by Gasteiger charge is -2.23. The molecule has 0 aromatic carbocycles. The average Bonchev–Trinajstić information content (AvgIpc) is 2.78. The molecule has 3 heterocycles. The minimum atomic E-state index is -0.0521. The van der Waals surface area contributed by atoms with E-state index in [1.807, 2.05) is 29.8 Å². The van der Waals surface area contributed by atoms with Crippen LogP contribution in [0.2, 0.25) is 0 Å². The van der Waals surface area contributed by atoms with Crippen molar-refractivity contribution < 1.29 is 9.53 Å². The summed E-state index contributed by atoms with van der Waals surface area (Å²) in [7, 11) is 0. The first-order valence-electron chi connectivity index (χ1n) is 6.56. The number of carbonyl (C=O) groups excluding carboxylic acids is 1. The standard InChI is InChI=1S/C14H17N3O2/c1-10-7-17-8-11(4-5-13(17)15-10)14(18)16-12-3-2-6-19-9-12/h4-5,7-8,12H,2-3,6,9H2,1H3,(H,16,18). The first kappa shape index (κ1) is 12.2. The number of nitrogens with one attached hydrogen (secondary N) is 1. The smallest absolute Gasteiger partial charge is 0.253 e. The van der Waals surface area contributed by atoms with Crippen LogP contribution in [0.25, 0.3) is 5.65 Å². The molecule has 0 aliphatic carbocycles. The monoisotopic (exact) mass is 259 g/mol. The fourth-order valence-corrected chi connectivity index (χ4v) is 2.38. The van der Waals surface area contributed by atoms with Gasteiger partial charge in [0.15, 0.2) is 0 Å². The van der Waals surface area contributed by atoms with Crippen molar-refractivity contribution in [3.63, 3.8) is 0 Å². The Morgan fingerprint density at radius 2 is 2.37 bits per heavy atom. The summed E-state index contributed by atoms with van der Waals surface area (Å²) >= 11 is 0. The van der Waals surface area contributed by atoms with Gasteiger partial charge in [0.1, 0.15) is 5.65 Å². The van der Waals surface area contributed by atoms with Gasteiger partial charge in [0.05, 0.1) is 23.9 Å². The van der Waals surface area contributed by atoms with E-state index in [1.165, 1.54) is 0 Å². The van der Waals surface area contributed by atoms with E-state index in [9.17, 15) is 4.79 Å². The Bertz CT molecular complexity index is 600. The van der Waals surface area contributed by atoms with Crippen molar-refractivity contribution in [1.82, 2.24) is 14.7 Å². The molecule has 3 rings (SSSR count). The number of rotatable bonds is 2. The summed E-state index contributed by atoms with van der Waals surface area (Å²) in [6.45, 7) is 3.34. The fourth-order valence-electron chi connectivity index (χ4n) is 2.38. The van der Waals surface area contributed by atoms with Crippen LogP contribution in [0.3, 0.4) is 0 Å². The number of aryl methyl sites for hydroxylation is 1.